The van der Waals surface area contributed by atoms with Gasteiger partial charge in [0.2, 0.25) is 0 Å². The number of hydrogen-bond donors (Lipinski definition) is 1. The summed E-state index contributed by atoms with van der Waals surface area (Å²) in [7, 11) is 1.64. The Morgan fingerprint density at radius 1 is 1.12 bits per heavy atom. The van der Waals surface area contributed by atoms with Gasteiger partial charge in [0.1, 0.15) is 28.5 Å². The fourth-order valence-electron chi connectivity index (χ4n) is 2.29. The van der Waals surface area contributed by atoms with E-state index in [2.05, 4.69) is 5.32 Å². The van der Waals surface area contributed by atoms with Crippen LogP contribution in [0.3, 0.4) is 0 Å². The van der Waals surface area contributed by atoms with Crippen LogP contribution in [0, 0.1) is 22.7 Å². The van der Waals surface area contributed by atoms with Gasteiger partial charge in [0.25, 0.3) is 0 Å². The second kappa shape index (κ2) is 7.98. The van der Waals surface area contributed by atoms with Crippen molar-refractivity contribution in [3.63, 3.8) is 0 Å². The van der Waals surface area contributed by atoms with Crippen LogP contribution in [0.1, 0.15) is 0 Å². The average molecular weight is 358 g/mol. The summed E-state index contributed by atoms with van der Waals surface area (Å²) in [6.45, 7) is 0. The van der Waals surface area contributed by atoms with Gasteiger partial charge < -0.3 is 10.1 Å². The third-order valence-electron chi connectivity index (χ3n) is 3.62. The highest BCUT2D eigenvalue weighted by Crippen LogP contribution is 2.30. The quantitative estimate of drug-likeness (QED) is 0.661. The monoisotopic (exact) mass is 358 g/mol. The van der Waals surface area contributed by atoms with Crippen LogP contribution in [-0.2, 0) is 0 Å². The van der Waals surface area contributed by atoms with Gasteiger partial charge in [-0.15, -0.1) is 11.3 Å². The van der Waals surface area contributed by atoms with Crippen molar-refractivity contribution < 1.29 is 4.74 Å². The van der Waals surface area contributed by atoms with Gasteiger partial charge in [-0.1, -0.05) is 12.1 Å². The minimum Gasteiger partial charge on any atom is -0.497 e. The van der Waals surface area contributed by atoms with E-state index < -0.39 is 0 Å². The Balaban J connectivity index is 1.83. The molecule has 126 valence electrons. The molecule has 0 fully saturated rings. The molecule has 0 aliphatic heterocycles. The number of rotatable bonds is 5. The summed E-state index contributed by atoms with van der Waals surface area (Å²) in [5.41, 5.74) is 3.70. The first-order chi connectivity index (χ1) is 12.7. The summed E-state index contributed by atoms with van der Waals surface area (Å²) in [6.07, 6.45) is 1.39. The lowest BCUT2D eigenvalue weighted by Gasteiger charge is -2.03. The van der Waals surface area contributed by atoms with E-state index in [4.69, 9.17) is 20.2 Å². The molecule has 0 spiro atoms. The Morgan fingerprint density at radius 2 is 1.88 bits per heavy atom. The van der Waals surface area contributed by atoms with Gasteiger partial charge in [-0.3, -0.25) is 0 Å². The maximum Gasteiger partial charge on any atom is 0.145 e. The highest BCUT2D eigenvalue weighted by molar-refractivity contribution is 7.13. The number of thiazole rings is 1. The third kappa shape index (κ3) is 3.89. The van der Waals surface area contributed by atoms with Crippen LogP contribution in [0.2, 0.25) is 0 Å². The Morgan fingerprint density at radius 3 is 2.58 bits per heavy atom. The molecule has 0 atom stereocenters. The molecular weight excluding hydrogens is 344 g/mol. The van der Waals surface area contributed by atoms with Gasteiger partial charge in [-0.05, 0) is 36.4 Å². The standard InChI is InChI=1S/C20H14N4OS/c1-25-18-7-5-15(6-8-18)19-13-26-20(24-19)16-3-2-4-17(9-16)23-12-14(10-21)11-22/h2-9,12-13,23H,1H3. The first-order valence-corrected chi connectivity index (χ1v) is 8.59. The van der Waals surface area contributed by atoms with Crippen LogP contribution in [0.15, 0.2) is 65.7 Å². The molecule has 3 rings (SSSR count). The molecule has 0 bridgehead atoms. The summed E-state index contributed by atoms with van der Waals surface area (Å²) in [5, 5.41) is 23.4. The van der Waals surface area contributed by atoms with E-state index >= 15 is 0 Å². The molecule has 0 amide bonds. The van der Waals surface area contributed by atoms with E-state index in [0.29, 0.717) is 0 Å². The lowest BCUT2D eigenvalue weighted by Crippen LogP contribution is -1.90. The van der Waals surface area contributed by atoms with Crippen molar-refractivity contribution in [1.82, 2.24) is 4.98 Å². The van der Waals surface area contributed by atoms with Crippen molar-refractivity contribution in [2.75, 3.05) is 12.4 Å². The molecule has 0 radical (unpaired) electrons. The van der Waals surface area contributed by atoms with Crippen LogP contribution in [-0.4, -0.2) is 12.1 Å². The Bertz CT molecular complexity index is 1010. The second-order valence-corrected chi connectivity index (χ2v) is 6.13. The number of anilines is 1. The maximum absolute atomic E-state index is 8.78. The molecule has 6 heteroatoms. The molecular formula is C20H14N4OS. The normalized spacial score (nSPS) is 9.65. The highest BCUT2D eigenvalue weighted by Gasteiger charge is 2.07. The van der Waals surface area contributed by atoms with Gasteiger partial charge in [0, 0.05) is 28.4 Å². The Kier molecular flexibility index (Phi) is 5.28. The number of methoxy groups -OCH3 is 1. The second-order valence-electron chi connectivity index (χ2n) is 5.27. The molecule has 5 nitrogen and oxygen atoms in total. The summed E-state index contributed by atoms with van der Waals surface area (Å²) in [5.74, 6) is 0.810. The summed E-state index contributed by atoms with van der Waals surface area (Å²) in [6, 6.07) is 19.1. The Hall–Kier alpha value is -3.61. The molecule has 2 aromatic carbocycles. The first kappa shape index (κ1) is 17.2. The predicted molar refractivity (Wildman–Crippen MR) is 102 cm³/mol. The molecule has 1 heterocycles. The van der Waals surface area contributed by atoms with E-state index in [9.17, 15) is 0 Å². The zero-order valence-corrected chi connectivity index (χ0v) is 14.7. The number of benzene rings is 2. The van der Waals surface area contributed by atoms with Gasteiger partial charge in [-0.2, -0.15) is 10.5 Å². The molecule has 0 aliphatic carbocycles. The lowest BCUT2D eigenvalue weighted by molar-refractivity contribution is 0.415. The topological polar surface area (TPSA) is 81.7 Å². The molecule has 1 N–H and O–H groups in total. The van der Waals surface area contributed by atoms with E-state index in [1.807, 2.05) is 66.0 Å². The van der Waals surface area contributed by atoms with Crippen molar-refractivity contribution in [2.45, 2.75) is 0 Å². The fourth-order valence-corrected chi connectivity index (χ4v) is 3.11. The molecule has 1 aromatic heterocycles. The van der Waals surface area contributed by atoms with Crippen LogP contribution >= 0.6 is 11.3 Å². The number of nitrogens with zero attached hydrogens (tertiary/aromatic N) is 3. The number of aromatic nitrogens is 1. The number of allylic oxidation sites excluding steroid dienone is 1. The SMILES string of the molecule is COc1ccc(-c2csc(-c3cccc(NC=C(C#N)C#N)c3)n2)cc1. The maximum atomic E-state index is 8.78. The van der Waals surface area contributed by atoms with Gasteiger partial charge >= 0.3 is 0 Å². The summed E-state index contributed by atoms with van der Waals surface area (Å²) >= 11 is 1.56. The minimum atomic E-state index is 0.0199. The van der Waals surface area contributed by atoms with Crippen LogP contribution in [0.25, 0.3) is 21.8 Å². The number of nitriles is 2. The molecule has 0 saturated heterocycles. The number of nitrogens with one attached hydrogen (secondary N) is 1. The molecule has 0 unspecified atom stereocenters. The van der Waals surface area contributed by atoms with Crippen molar-refractivity contribution in [2.24, 2.45) is 0 Å². The molecule has 0 saturated carbocycles. The lowest BCUT2D eigenvalue weighted by atomic mass is 10.1. The van der Waals surface area contributed by atoms with Crippen LogP contribution in [0.5, 0.6) is 5.75 Å². The van der Waals surface area contributed by atoms with E-state index in [1.54, 1.807) is 18.4 Å². The van der Waals surface area contributed by atoms with Crippen molar-refractivity contribution >= 4 is 17.0 Å². The zero-order valence-electron chi connectivity index (χ0n) is 13.9. The summed E-state index contributed by atoms with van der Waals surface area (Å²) in [4.78, 5) is 4.70. The first-order valence-electron chi connectivity index (χ1n) is 7.71. The minimum absolute atomic E-state index is 0.0199. The van der Waals surface area contributed by atoms with Gasteiger partial charge in [0.15, 0.2) is 0 Å². The third-order valence-corrected chi connectivity index (χ3v) is 4.51. The number of hydrogen-bond acceptors (Lipinski definition) is 6. The smallest absolute Gasteiger partial charge is 0.145 e. The number of ether oxygens (including phenoxy) is 1. The van der Waals surface area contributed by atoms with Crippen LogP contribution < -0.4 is 10.1 Å². The van der Waals surface area contributed by atoms with Crippen molar-refractivity contribution in [3.8, 4) is 39.7 Å². The van der Waals surface area contributed by atoms with Gasteiger partial charge in [-0.25, -0.2) is 4.98 Å². The molecule has 26 heavy (non-hydrogen) atoms. The highest BCUT2D eigenvalue weighted by atomic mass is 32.1. The zero-order chi connectivity index (χ0) is 18.4. The fraction of sp³-hybridized carbons (Fsp3) is 0.0500. The van der Waals surface area contributed by atoms with Crippen molar-refractivity contribution in [1.29, 1.82) is 10.5 Å². The van der Waals surface area contributed by atoms with Crippen molar-refractivity contribution in [3.05, 3.63) is 65.7 Å². The molecule has 3 aromatic rings. The summed E-state index contributed by atoms with van der Waals surface area (Å²) < 4.78 is 5.18. The predicted octanol–water partition coefficient (Wildman–Crippen LogP) is 4.83. The van der Waals surface area contributed by atoms with E-state index in [0.717, 1.165) is 33.3 Å². The van der Waals surface area contributed by atoms with Gasteiger partial charge in [0.05, 0.1) is 12.8 Å². The largest absolute Gasteiger partial charge is 0.497 e. The van der Waals surface area contributed by atoms with E-state index in [-0.39, 0.29) is 5.57 Å². The van der Waals surface area contributed by atoms with Crippen LogP contribution in [0.4, 0.5) is 5.69 Å². The Labute approximate surface area is 155 Å². The van der Waals surface area contributed by atoms with E-state index in [1.165, 1.54) is 6.20 Å². The average Bonchev–Trinajstić information content (AvgIpc) is 3.19. The molecule has 0 aliphatic rings.